The Balaban J connectivity index is 2.00. The largest absolute Gasteiger partial charge is 0.306 e. The van der Waals surface area contributed by atoms with Crippen molar-refractivity contribution in [1.82, 2.24) is 19.7 Å². The number of nitrogens with one attached hydrogen (secondary N) is 1. The molecule has 0 unspecified atom stereocenters. The fourth-order valence-electron chi connectivity index (χ4n) is 2.02. The zero-order chi connectivity index (χ0) is 15.0. The van der Waals surface area contributed by atoms with Crippen molar-refractivity contribution in [2.75, 3.05) is 0 Å². The fraction of sp³-hybridized carbons (Fsp3) is 0.133. The molecule has 0 fully saturated rings. The summed E-state index contributed by atoms with van der Waals surface area (Å²) in [6, 6.07) is 6.06. The van der Waals surface area contributed by atoms with Crippen LogP contribution < -0.4 is 5.56 Å². The van der Waals surface area contributed by atoms with E-state index in [9.17, 15) is 4.79 Å². The average Bonchev–Trinajstić information content (AvgIpc) is 2.83. The maximum atomic E-state index is 11.9. The molecule has 5 nitrogen and oxygen atoms in total. The van der Waals surface area contributed by atoms with Crippen LogP contribution in [0.3, 0.4) is 0 Å². The number of rotatable bonds is 2. The quantitative estimate of drug-likeness (QED) is 0.777. The lowest BCUT2D eigenvalue weighted by Gasteiger charge is -2.00. The van der Waals surface area contributed by atoms with Crippen molar-refractivity contribution in [1.29, 1.82) is 0 Å². The minimum absolute atomic E-state index is 0.183. The van der Waals surface area contributed by atoms with Gasteiger partial charge >= 0.3 is 0 Å². The standard InChI is InChI=1S/C15H13BrN4O/c1-9-3-4-10(7-12(9)16)5-6-13-18-14-11(15(21)19-13)8-17-20(14)2/h3-8H,1-2H3,(H,18,19,21). The Labute approximate surface area is 129 Å². The zero-order valence-electron chi connectivity index (χ0n) is 11.6. The lowest BCUT2D eigenvalue weighted by Crippen LogP contribution is -2.09. The number of aryl methyl sites for hydroxylation is 2. The van der Waals surface area contributed by atoms with Gasteiger partial charge < -0.3 is 4.98 Å². The molecule has 2 heterocycles. The summed E-state index contributed by atoms with van der Waals surface area (Å²) in [6.45, 7) is 2.03. The van der Waals surface area contributed by atoms with E-state index in [4.69, 9.17) is 0 Å². The average molecular weight is 345 g/mol. The van der Waals surface area contributed by atoms with Crippen LogP contribution >= 0.6 is 15.9 Å². The van der Waals surface area contributed by atoms with Gasteiger partial charge in [-0.2, -0.15) is 5.10 Å². The van der Waals surface area contributed by atoms with E-state index >= 15 is 0 Å². The molecular weight excluding hydrogens is 332 g/mol. The van der Waals surface area contributed by atoms with Crippen molar-refractivity contribution in [2.24, 2.45) is 7.05 Å². The van der Waals surface area contributed by atoms with Crippen LogP contribution in [0.5, 0.6) is 0 Å². The van der Waals surface area contributed by atoms with Gasteiger partial charge in [0.2, 0.25) is 0 Å². The Morgan fingerprint density at radius 3 is 2.90 bits per heavy atom. The highest BCUT2D eigenvalue weighted by Crippen LogP contribution is 2.18. The summed E-state index contributed by atoms with van der Waals surface area (Å²) in [6.07, 6.45) is 5.21. The van der Waals surface area contributed by atoms with Crippen molar-refractivity contribution in [3.8, 4) is 0 Å². The van der Waals surface area contributed by atoms with Crippen LogP contribution in [-0.2, 0) is 7.05 Å². The van der Waals surface area contributed by atoms with E-state index in [0.717, 1.165) is 10.0 Å². The van der Waals surface area contributed by atoms with Crippen molar-refractivity contribution in [3.63, 3.8) is 0 Å². The molecule has 2 aromatic heterocycles. The topological polar surface area (TPSA) is 63.6 Å². The van der Waals surface area contributed by atoms with Crippen LogP contribution in [-0.4, -0.2) is 19.7 Å². The van der Waals surface area contributed by atoms with Gasteiger partial charge in [-0.1, -0.05) is 34.1 Å². The normalized spacial score (nSPS) is 11.6. The molecule has 3 aromatic rings. The van der Waals surface area contributed by atoms with Crippen LogP contribution in [0.25, 0.3) is 23.2 Å². The fourth-order valence-corrected chi connectivity index (χ4v) is 2.41. The number of nitrogens with zero attached hydrogens (tertiary/aromatic N) is 3. The number of hydrogen-bond donors (Lipinski definition) is 1. The predicted octanol–water partition coefficient (Wildman–Crippen LogP) is 2.90. The van der Waals surface area contributed by atoms with E-state index in [2.05, 4.69) is 31.0 Å². The molecule has 0 aliphatic carbocycles. The molecule has 6 heteroatoms. The second-order valence-electron chi connectivity index (χ2n) is 4.80. The van der Waals surface area contributed by atoms with Gasteiger partial charge in [-0.25, -0.2) is 4.98 Å². The van der Waals surface area contributed by atoms with Gasteiger partial charge in [-0.15, -0.1) is 0 Å². The molecular formula is C15H13BrN4O. The van der Waals surface area contributed by atoms with Gasteiger partial charge in [0.05, 0.1) is 6.20 Å². The summed E-state index contributed by atoms with van der Waals surface area (Å²) in [7, 11) is 1.76. The van der Waals surface area contributed by atoms with Crippen LogP contribution in [0.15, 0.2) is 33.7 Å². The number of hydrogen-bond acceptors (Lipinski definition) is 3. The molecule has 0 atom stereocenters. The molecule has 106 valence electrons. The first-order chi connectivity index (χ1) is 10.0. The van der Waals surface area contributed by atoms with Crippen LogP contribution in [0.4, 0.5) is 0 Å². The second-order valence-corrected chi connectivity index (χ2v) is 5.65. The molecule has 0 spiro atoms. The van der Waals surface area contributed by atoms with Gasteiger partial charge in [0, 0.05) is 11.5 Å². The molecule has 21 heavy (non-hydrogen) atoms. The van der Waals surface area contributed by atoms with Gasteiger partial charge in [-0.3, -0.25) is 9.48 Å². The van der Waals surface area contributed by atoms with E-state index in [-0.39, 0.29) is 5.56 Å². The third kappa shape index (κ3) is 2.67. The Morgan fingerprint density at radius 1 is 1.33 bits per heavy atom. The maximum absolute atomic E-state index is 11.9. The van der Waals surface area contributed by atoms with E-state index in [1.165, 1.54) is 11.8 Å². The van der Waals surface area contributed by atoms with Gasteiger partial charge in [0.1, 0.15) is 11.2 Å². The summed E-state index contributed by atoms with van der Waals surface area (Å²) in [5.74, 6) is 0.507. The second kappa shape index (κ2) is 5.29. The third-order valence-corrected chi connectivity index (χ3v) is 4.10. The molecule has 0 radical (unpaired) electrons. The summed E-state index contributed by atoms with van der Waals surface area (Å²) in [5, 5.41) is 4.53. The Bertz CT molecular complexity index is 908. The third-order valence-electron chi connectivity index (χ3n) is 3.25. The van der Waals surface area contributed by atoms with Crippen LogP contribution in [0.1, 0.15) is 17.0 Å². The van der Waals surface area contributed by atoms with Crippen molar-refractivity contribution >= 4 is 39.1 Å². The number of halogens is 1. The smallest absolute Gasteiger partial charge is 0.262 e. The number of benzene rings is 1. The van der Waals surface area contributed by atoms with Crippen LogP contribution in [0, 0.1) is 6.92 Å². The molecule has 0 saturated heterocycles. The monoisotopic (exact) mass is 344 g/mol. The number of aromatic nitrogens is 4. The highest BCUT2D eigenvalue weighted by Gasteiger charge is 2.06. The first-order valence-corrected chi connectivity index (χ1v) is 7.20. The highest BCUT2D eigenvalue weighted by molar-refractivity contribution is 9.10. The molecule has 3 rings (SSSR count). The molecule has 0 saturated carbocycles. The minimum atomic E-state index is -0.183. The molecule has 0 aliphatic heterocycles. The molecule has 1 aromatic carbocycles. The summed E-state index contributed by atoms with van der Waals surface area (Å²) >= 11 is 3.50. The Hall–Kier alpha value is -2.21. The lowest BCUT2D eigenvalue weighted by molar-refractivity contribution is 0.784. The van der Waals surface area contributed by atoms with Gasteiger partial charge in [0.15, 0.2) is 5.65 Å². The predicted molar refractivity (Wildman–Crippen MR) is 86.9 cm³/mol. The summed E-state index contributed by atoms with van der Waals surface area (Å²) < 4.78 is 2.64. The minimum Gasteiger partial charge on any atom is -0.306 e. The molecule has 0 amide bonds. The highest BCUT2D eigenvalue weighted by atomic mass is 79.9. The summed E-state index contributed by atoms with van der Waals surface area (Å²) in [5.41, 5.74) is 2.59. The zero-order valence-corrected chi connectivity index (χ0v) is 13.2. The number of aromatic amines is 1. The summed E-state index contributed by atoms with van der Waals surface area (Å²) in [4.78, 5) is 19.1. The van der Waals surface area contributed by atoms with Gasteiger partial charge in [0.25, 0.3) is 5.56 Å². The number of fused-ring (bicyclic) bond motifs is 1. The van der Waals surface area contributed by atoms with E-state index in [1.54, 1.807) is 17.8 Å². The molecule has 0 bridgehead atoms. The first kappa shape index (κ1) is 13.8. The maximum Gasteiger partial charge on any atom is 0.262 e. The van der Waals surface area contributed by atoms with E-state index in [0.29, 0.717) is 16.9 Å². The van der Waals surface area contributed by atoms with Crippen molar-refractivity contribution in [3.05, 3.63) is 56.2 Å². The van der Waals surface area contributed by atoms with Crippen LogP contribution in [0.2, 0.25) is 0 Å². The Kier molecular flexibility index (Phi) is 3.47. The lowest BCUT2D eigenvalue weighted by atomic mass is 10.1. The molecule has 0 aliphatic rings. The van der Waals surface area contributed by atoms with Crippen molar-refractivity contribution < 1.29 is 0 Å². The Morgan fingerprint density at radius 2 is 2.14 bits per heavy atom. The SMILES string of the molecule is Cc1ccc(C=Cc2nc3c(cnn3C)c(=O)[nH]2)cc1Br. The van der Waals surface area contributed by atoms with E-state index in [1.807, 2.05) is 31.2 Å². The molecule has 1 N–H and O–H groups in total. The van der Waals surface area contributed by atoms with Gasteiger partial charge in [-0.05, 0) is 30.2 Å². The van der Waals surface area contributed by atoms with Crippen molar-refractivity contribution in [2.45, 2.75) is 6.92 Å². The first-order valence-electron chi connectivity index (χ1n) is 6.41. The number of H-pyrrole nitrogens is 1. The van der Waals surface area contributed by atoms with E-state index < -0.39 is 0 Å².